The van der Waals surface area contributed by atoms with Gasteiger partial charge in [-0.05, 0) is 208 Å². The van der Waals surface area contributed by atoms with Gasteiger partial charge in [0.25, 0.3) is 0 Å². The fourth-order valence-electron chi connectivity index (χ4n) is 20.5. The average molecular weight is 1820 g/mol. The monoisotopic (exact) mass is 1820 g/mol. The lowest BCUT2D eigenvalue weighted by Crippen LogP contribution is -1.91. The molecule has 6 aromatic heterocycles. The van der Waals surface area contributed by atoms with Crippen molar-refractivity contribution in [3.8, 4) is 89.0 Å². The van der Waals surface area contributed by atoms with Gasteiger partial charge in [0.15, 0.2) is 0 Å². The zero-order chi connectivity index (χ0) is 110. The molecule has 0 amide bonds. The largest absolute Gasteiger partial charge is 0.456 e. The Morgan fingerprint density at radius 2 is 0.456 bits per heavy atom. The van der Waals surface area contributed by atoms with Crippen molar-refractivity contribution >= 4 is 245 Å². The van der Waals surface area contributed by atoms with E-state index in [-0.39, 0.29) is 143 Å². The Hall–Kier alpha value is -16.4. The molecule has 30 rings (SSSR count). The topological polar surface area (TPSA) is 26.3 Å². The highest BCUT2D eigenvalue weighted by molar-refractivity contribution is 7.27. The van der Waals surface area contributed by atoms with Gasteiger partial charge in [0.1, 0.15) is 22.3 Å². The van der Waals surface area contributed by atoms with E-state index >= 15 is 0 Å². The molecule has 30 aromatic rings. The maximum absolute atomic E-state index is 9.38. The van der Waals surface area contributed by atoms with Crippen LogP contribution in [0.4, 0.5) is 0 Å². The molecule has 0 N–H and O–H groups in total. The second-order valence-corrected chi connectivity index (χ2v) is 38.1. The molecule has 136 heavy (non-hydrogen) atoms. The van der Waals surface area contributed by atoms with Gasteiger partial charge in [-0.25, -0.2) is 0 Å². The summed E-state index contributed by atoms with van der Waals surface area (Å²) < 4.78 is 239. The number of benzene rings is 24. The molecule has 6 heterocycles. The van der Waals surface area contributed by atoms with Gasteiger partial charge in [0, 0.05) is 119 Å². The summed E-state index contributed by atoms with van der Waals surface area (Å²) in [5, 5.41) is 16.6. The van der Waals surface area contributed by atoms with Crippen molar-refractivity contribution in [3.63, 3.8) is 0 Å². The number of thiophene rings is 4. The summed E-state index contributed by atoms with van der Waals surface area (Å²) in [6, 6.07) is 94.6. The molecule has 0 saturated heterocycles. The summed E-state index contributed by atoms with van der Waals surface area (Å²) in [5.41, 5.74) is 11.6. The molecule has 0 bridgehead atoms. The quantitative estimate of drug-likeness (QED) is 0.142. The lowest BCUT2D eigenvalue weighted by Gasteiger charge is -2.18. The van der Waals surface area contributed by atoms with Crippen LogP contribution >= 0.6 is 45.3 Å². The Morgan fingerprint density at radius 3 is 0.912 bits per heavy atom. The Labute approximate surface area is 831 Å². The maximum atomic E-state index is 9.38. The molecule has 0 aliphatic heterocycles. The molecule has 0 unspecified atom stereocenters. The Bertz CT molecular complexity index is 11300. The molecule has 0 radical (unpaired) electrons. The van der Waals surface area contributed by atoms with Crippen LogP contribution in [0.1, 0.15) is 32.9 Å². The molecule has 0 spiro atoms. The number of hydrogen-bond acceptors (Lipinski definition) is 6. The smallest absolute Gasteiger partial charge is 0.143 e. The van der Waals surface area contributed by atoms with Crippen molar-refractivity contribution < 1.29 is 41.7 Å². The molecule has 0 aliphatic rings. The molecular formula is C130H76O2S4. The second-order valence-electron chi connectivity index (χ2n) is 33.8. The maximum Gasteiger partial charge on any atom is 0.143 e. The predicted octanol–water partition coefficient (Wildman–Crippen LogP) is 39.7. The van der Waals surface area contributed by atoms with Crippen molar-refractivity contribution in [2.75, 3.05) is 0 Å². The van der Waals surface area contributed by atoms with Crippen LogP contribution in [0.3, 0.4) is 0 Å². The van der Waals surface area contributed by atoms with Crippen LogP contribution < -0.4 is 0 Å². The number of hydrogen-bond donors (Lipinski definition) is 0. The first-order chi connectivity index (χ1) is 77.4. The number of furan rings is 2. The SMILES string of the molecule is [2H]c1c([2H])c([2H])c2c(-c3ccc(-c4cccc5c4sc4ccccc45)cc3)c3c([2H])c([2H])c([2H])c([2H])c3c(-c3ccc(-c4cccc5c4sc4ccccc45)cc3)c2c1[2H].[2H]c1c([2H])c([2H])c2c(-c3cccc4c3oc3ccccc34)c3c([2H])c([2H])c([2H])c([2H])c3c(-c3ccc4c(c3)sc3ccccc34)c2c1[2H].[2H]c1c([2H])c([2H])c2c(-c3cccc4c3sc3ccccc34)c3c([2H])c([2H])c([2H])c([2H])c3c(-c3ccc4c(c3)oc3cc5ccccc5cc34)c2c1[2H]. The van der Waals surface area contributed by atoms with Crippen LogP contribution in [0.5, 0.6) is 0 Å². The first kappa shape index (κ1) is 57.8. The van der Waals surface area contributed by atoms with E-state index < -0.39 is 72.5 Å². The van der Waals surface area contributed by atoms with Gasteiger partial charge in [-0.1, -0.05) is 400 Å². The van der Waals surface area contributed by atoms with Gasteiger partial charge in [-0.15, -0.1) is 45.3 Å². The highest BCUT2D eigenvalue weighted by Crippen LogP contribution is 2.54. The minimum Gasteiger partial charge on any atom is -0.456 e. The lowest BCUT2D eigenvalue weighted by molar-refractivity contribution is 0.669. The Kier molecular flexibility index (Phi) is 13.4. The summed E-state index contributed by atoms with van der Waals surface area (Å²) in [5.74, 6) is 0. The molecule has 2 nitrogen and oxygen atoms in total. The van der Waals surface area contributed by atoms with Crippen LogP contribution in [-0.2, 0) is 0 Å². The molecular weight excluding hydrogens is 1720 g/mol. The van der Waals surface area contributed by atoms with E-state index in [9.17, 15) is 16.4 Å². The normalized spacial score (nSPS) is 14.4. The minimum absolute atomic E-state index is 0.165. The Morgan fingerprint density at radius 1 is 0.162 bits per heavy atom. The summed E-state index contributed by atoms with van der Waals surface area (Å²) in [6.07, 6.45) is 0. The highest BCUT2D eigenvalue weighted by Gasteiger charge is 2.26. The zero-order valence-electron chi connectivity index (χ0n) is 95.5. The van der Waals surface area contributed by atoms with E-state index in [1.54, 1.807) is 51.4 Å². The van der Waals surface area contributed by atoms with E-state index in [1.807, 2.05) is 249 Å². The third kappa shape index (κ3) is 12.5. The van der Waals surface area contributed by atoms with Gasteiger partial charge < -0.3 is 8.83 Å². The summed E-state index contributed by atoms with van der Waals surface area (Å²) in [4.78, 5) is 0. The molecule has 6 heteroatoms. The standard InChI is InChI=1S/C50H30S2.C42H24OS.C38H22OS/c1-2-14-40-39(13-1)47(33-27-23-31(24-28-33)35-17-9-19-43-37-11-5-7-21-45(37)51-49(35)43)41-15-3-4-16-42(41)48(40)34-29-25-32(26-30-34)36-18-10-20-44-38-12-6-8-22-46(38)52-50(36)44;1-2-11-26-23-38-36(22-25(26)10-1)28-21-20-27(24-37(28)43-38)40-30-13-3-5-15-32(30)41(33-16-6-4-14-31(33)40)35-18-9-17-34-29-12-7-8-19-39(29)44-42(34)35;1-3-14-29-27(12-1)36(23-20-21-26-25-11-6-8-19-34(25)40-35(26)22-23)28-13-2-4-15-30(28)37(29)32-17-9-16-31-24-10-5-7-18-33(24)39-38(31)32/h1-30H;1-24H;1-22H/i1D,2D,3D,4D,13D,14D,15D,16D;3D,4D,5D,6D,13D,14D,15D,16D;1D,2D,3D,4D,12D,13D,14D,15D. The highest BCUT2D eigenvalue weighted by atomic mass is 32.1. The van der Waals surface area contributed by atoms with Crippen molar-refractivity contribution in [2.24, 2.45) is 0 Å². The number of para-hydroxylation sites is 2. The molecule has 0 saturated carbocycles. The zero-order valence-corrected chi connectivity index (χ0v) is 74.7. The van der Waals surface area contributed by atoms with Crippen molar-refractivity contribution in [1.82, 2.24) is 0 Å². The molecule has 0 aliphatic carbocycles. The van der Waals surface area contributed by atoms with Crippen molar-refractivity contribution in [1.29, 1.82) is 0 Å². The van der Waals surface area contributed by atoms with E-state index in [1.165, 1.54) is 30.9 Å². The van der Waals surface area contributed by atoms with E-state index in [0.29, 0.717) is 83.5 Å². The van der Waals surface area contributed by atoms with Gasteiger partial charge in [-0.2, -0.15) is 0 Å². The van der Waals surface area contributed by atoms with Crippen LogP contribution in [0.2, 0.25) is 0 Å². The third-order valence-electron chi connectivity index (χ3n) is 26.5. The predicted molar refractivity (Wildman–Crippen MR) is 591 cm³/mol. The fourth-order valence-corrected chi connectivity index (χ4v) is 25.4. The van der Waals surface area contributed by atoms with Crippen LogP contribution in [0.25, 0.3) is 289 Å². The van der Waals surface area contributed by atoms with Crippen LogP contribution in [0, 0.1) is 0 Å². The lowest BCUT2D eigenvalue weighted by atomic mass is 9.85. The van der Waals surface area contributed by atoms with Gasteiger partial charge >= 0.3 is 0 Å². The van der Waals surface area contributed by atoms with Gasteiger partial charge in [0.2, 0.25) is 0 Å². The summed E-state index contributed by atoms with van der Waals surface area (Å²) in [7, 11) is 0. The van der Waals surface area contributed by atoms with E-state index in [2.05, 4.69) is 60.7 Å². The first-order valence-electron chi connectivity index (χ1n) is 56.4. The van der Waals surface area contributed by atoms with Crippen LogP contribution in [-0.4, -0.2) is 0 Å². The van der Waals surface area contributed by atoms with E-state index in [4.69, 9.17) is 25.3 Å². The van der Waals surface area contributed by atoms with Gasteiger partial charge in [0.05, 0.1) is 32.9 Å². The van der Waals surface area contributed by atoms with Gasteiger partial charge in [-0.3, -0.25) is 0 Å². The van der Waals surface area contributed by atoms with Crippen molar-refractivity contribution in [2.45, 2.75) is 0 Å². The third-order valence-corrected chi connectivity index (χ3v) is 31.3. The fraction of sp³-hybridized carbons (Fsp3) is 0. The van der Waals surface area contributed by atoms with E-state index in [0.717, 1.165) is 104 Å². The molecule has 24 aromatic carbocycles. The molecule has 632 valence electrons. The second kappa shape index (κ2) is 31.7. The number of rotatable bonds is 8. The molecule has 0 fully saturated rings. The minimum atomic E-state index is -0.434. The Balaban J connectivity index is 0.000000114. The number of fused-ring (bicyclic) bond motifs is 25. The van der Waals surface area contributed by atoms with Crippen molar-refractivity contribution in [3.05, 3.63) is 460 Å². The first-order valence-corrected chi connectivity index (χ1v) is 47.7. The summed E-state index contributed by atoms with van der Waals surface area (Å²) in [6.45, 7) is 0. The summed E-state index contributed by atoms with van der Waals surface area (Å²) >= 11 is 6.60. The van der Waals surface area contributed by atoms with Crippen LogP contribution in [0.15, 0.2) is 469 Å². The molecule has 0 atom stereocenters. The average Bonchev–Trinajstić information content (AvgIpc) is 1.07.